The molecule has 1 N–H and O–H groups in total. The molecule has 1 aliphatic rings. The van der Waals surface area contributed by atoms with E-state index in [4.69, 9.17) is 4.74 Å². The van der Waals surface area contributed by atoms with Crippen LogP contribution in [0.3, 0.4) is 0 Å². The number of halogens is 3. The number of thiophene rings is 1. The first-order valence-electron chi connectivity index (χ1n) is 8.22. The molecule has 2 heterocycles. The first kappa shape index (κ1) is 17.1. The van der Waals surface area contributed by atoms with Gasteiger partial charge < -0.3 is 10.1 Å². The Morgan fingerprint density at radius 1 is 1.19 bits per heavy atom. The van der Waals surface area contributed by atoms with Crippen LogP contribution in [0.15, 0.2) is 24.3 Å². The minimum Gasteiger partial charge on any atom is -0.496 e. The lowest BCUT2D eigenvalue weighted by atomic mass is 10.1. The van der Waals surface area contributed by atoms with Crippen molar-refractivity contribution in [3.8, 4) is 5.75 Å². The predicted molar refractivity (Wildman–Crippen MR) is 94.8 cm³/mol. The van der Waals surface area contributed by atoms with Crippen molar-refractivity contribution < 1.29 is 17.9 Å². The van der Waals surface area contributed by atoms with Gasteiger partial charge in [0.2, 0.25) is 5.82 Å². The Hall–Kier alpha value is -2.35. The van der Waals surface area contributed by atoms with Crippen molar-refractivity contribution in [3.05, 3.63) is 46.1 Å². The normalized spacial score (nSPS) is 13.8. The van der Waals surface area contributed by atoms with Crippen LogP contribution in [0.4, 0.5) is 19.0 Å². The van der Waals surface area contributed by atoms with Gasteiger partial charge in [0.1, 0.15) is 16.4 Å². The summed E-state index contributed by atoms with van der Waals surface area (Å²) in [7, 11) is 1.56. The lowest BCUT2D eigenvalue weighted by molar-refractivity contribution is -0.144. The average molecular weight is 379 g/mol. The van der Waals surface area contributed by atoms with E-state index in [0.717, 1.165) is 40.7 Å². The third kappa shape index (κ3) is 2.98. The van der Waals surface area contributed by atoms with Crippen molar-refractivity contribution in [1.82, 2.24) is 9.97 Å². The van der Waals surface area contributed by atoms with E-state index in [1.165, 1.54) is 11.3 Å². The van der Waals surface area contributed by atoms with Crippen LogP contribution in [-0.2, 0) is 25.6 Å². The second-order valence-electron chi connectivity index (χ2n) is 6.10. The topological polar surface area (TPSA) is 47.0 Å². The van der Waals surface area contributed by atoms with E-state index in [0.29, 0.717) is 17.1 Å². The standard InChI is InChI=1S/C18H16F3N3OS/c1-25-12-7-3-2-5-10(12)9-22-15-14-11-6-4-8-13(11)26-16(14)24-17(23-15)18(19,20)21/h2-3,5,7H,4,6,8-9H2,1H3,(H,22,23,24). The molecule has 0 unspecified atom stereocenters. The number of rotatable bonds is 4. The van der Waals surface area contributed by atoms with Crippen molar-refractivity contribution in [1.29, 1.82) is 0 Å². The molecule has 0 saturated heterocycles. The Morgan fingerprint density at radius 3 is 2.77 bits per heavy atom. The fourth-order valence-corrected chi connectivity index (χ4v) is 4.54. The molecular weight excluding hydrogens is 363 g/mol. The second kappa shape index (κ2) is 6.42. The third-order valence-corrected chi connectivity index (χ3v) is 5.64. The highest BCUT2D eigenvalue weighted by atomic mass is 32.1. The van der Waals surface area contributed by atoms with Crippen LogP contribution in [0.25, 0.3) is 10.2 Å². The molecule has 2 aromatic heterocycles. The van der Waals surface area contributed by atoms with Crippen molar-refractivity contribution in [3.63, 3.8) is 0 Å². The minimum atomic E-state index is -4.58. The molecule has 0 fully saturated rings. The van der Waals surface area contributed by atoms with Gasteiger partial charge in [-0.2, -0.15) is 13.2 Å². The SMILES string of the molecule is COc1ccccc1CNc1nc(C(F)(F)F)nc2sc3c(c12)CCC3. The van der Waals surface area contributed by atoms with Crippen LogP contribution in [-0.4, -0.2) is 17.1 Å². The number of nitrogens with one attached hydrogen (secondary N) is 1. The number of fused-ring (bicyclic) bond motifs is 3. The van der Waals surface area contributed by atoms with Gasteiger partial charge in [-0.3, -0.25) is 0 Å². The number of aromatic nitrogens is 2. The minimum absolute atomic E-state index is 0.243. The monoisotopic (exact) mass is 379 g/mol. The highest BCUT2D eigenvalue weighted by Crippen LogP contribution is 2.41. The summed E-state index contributed by atoms with van der Waals surface area (Å²) >= 11 is 1.34. The van der Waals surface area contributed by atoms with Crippen molar-refractivity contribution in [2.45, 2.75) is 32.0 Å². The number of benzene rings is 1. The van der Waals surface area contributed by atoms with Gasteiger partial charge in [-0.15, -0.1) is 11.3 Å². The molecular formula is C18H16F3N3OS. The lowest BCUT2D eigenvalue weighted by Crippen LogP contribution is -2.13. The molecule has 136 valence electrons. The largest absolute Gasteiger partial charge is 0.496 e. The van der Waals surface area contributed by atoms with Gasteiger partial charge >= 0.3 is 6.18 Å². The molecule has 0 atom stereocenters. The van der Waals surface area contributed by atoms with Crippen molar-refractivity contribution in [2.75, 3.05) is 12.4 Å². The summed E-state index contributed by atoms with van der Waals surface area (Å²) in [4.78, 5) is 9.11. The van der Waals surface area contributed by atoms with Gasteiger partial charge in [0.15, 0.2) is 0 Å². The fraction of sp³-hybridized carbons (Fsp3) is 0.333. The summed E-state index contributed by atoms with van der Waals surface area (Å²) in [5, 5.41) is 3.81. The quantitative estimate of drug-likeness (QED) is 0.706. The maximum atomic E-state index is 13.2. The third-order valence-electron chi connectivity index (χ3n) is 4.46. The Morgan fingerprint density at radius 2 is 2.00 bits per heavy atom. The molecule has 0 spiro atoms. The molecule has 3 aromatic rings. The summed E-state index contributed by atoms with van der Waals surface area (Å²) in [5.74, 6) is -0.183. The molecule has 0 radical (unpaired) electrons. The number of methoxy groups -OCH3 is 1. The highest BCUT2D eigenvalue weighted by molar-refractivity contribution is 7.19. The van der Waals surface area contributed by atoms with E-state index in [2.05, 4.69) is 15.3 Å². The first-order chi connectivity index (χ1) is 12.5. The number of hydrogen-bond donors (Lipinski definition) is 1. The lowest BCUT2D eigenvalue weighted by Gasteiger charge is -2.13. The maximum absolute atomic E-state index is 13.2. The smallest absolute Gasteiger partial charge is 0.451 e. The van der Waals surface area contributed by atoms with E-state index in [1.54, 1.807) is 7.11 Å². The molecule has 26 heavy (non-hydrogen) atoms. The zero-order chi connectivity index (χ0) is 18.3. The van der Waals surface area contributed by atoms with Crippen molar-refractivity contribution >= 4 is 27.4 Å². The van der Waals surface area contributed by atoms with E-state index < -0.39 is 12.0 Å². The predicted octanol–water partition coefficient (Wildman–Crippen LogP) is 4.82. The van der Waals surface area contributed by atoms with Crippen molar-refractivity contribution in [2.24, 2.45) is 0 Å². The fourth-order valence-electron chi connectivity index (χ4n) is 3.28. The number of alkyl halides is 3. The summed E-state index contributed by atoms with van der Waals surface area (Å²) < 4.78 is 44.9. The number of nitrogens with zero attached hydrogens (tertiary/aromatic N) is 2. The van der Waals surface area contributed by atoms with Gasteiger partial charge in [-0.1, -0.05) is 18.2 Å². The summed E-state index contributed by atoms with van der Waals surface area (Å²) in [6.07, 6.45) is -1.81. The van der Waals surface area contributed by atoms with Crippen LogP contribution in [0.5, 0.6) is 5.75 Å². The van der Waals surface area contributed by atoms with E-state index in [-0.39, 0.29) is 5.82 Å². The Labute approximate surface area is 152 Å². The molecule has 4 nitrogen and oxygen atoms in total. The number of ether oxygens (including phenoxy) is 1. The van der Waals surface area contributed by atoms with Crippen LogP contribution in [0, 0.1) is 0 Å². The van der Waals surface area contributed by atoms with Crippen LogP contribution < -0.4 is 10.1 Å². The first-order valence-corrected chi connectivity index (χ1v) is 9.04. The molecule has 8 heteroatoms. The molecule has 0 bridgehead atoms. The van der Waals surface area contributed by atoms with E-state index >= 15 is 0 Å². The number of anilines is 1. The van der Waals surface area contributed by atoms with E-state index in [1.807, 2.05) is 24.3 Å². The summed E-state index contributed by atoms with van der Waals surface area (Å²) in [5.41, 5.74) is 1.93. The second-order valence-corrected chi connectivity index (χ2v) is 7.18. The molecule has 1 aromatic carbocycles. The zero-order valence-electron chi connectivity index (χ0n) is 14.0. The molecule has 0 saturated carbocycles. The summed E-state index contributed by atoms with van der Waals surface area (Å²) in [6.45, 7) is 0.318. The highest BCUT2D eigenvalue weighted by Gasteiger charge is 2.36. The van der Waals surface area contributed by atoms with Gasteiger partial charge in [0.05, 0.1) is 12.5 Å². The van der Waals surface area contributed by atoms with Gasteiger partial charge in [0, 0.05) is 17.0 Å². The van der Waals surface area contributed by atoms with Crippen LogP contribution >= 0.6 is 11.3 Å². The van der Waals surface area contributed by atoms with Gasteiger partial charge in [-0.05, 0) is 30.9 Å². The number of para-hydroxylation sites is 1. The van der Waals surface area contributed by atoms with Gasteiger partial charge in [0.25, 0.3) is 0 Å². The molecule has 1 aliphatic carbocycles. The molecule has 0 aliphatic heterocycles. The van der Waals surface area contributed by atoms with Crippen LogP contribution in [0.2, 0.25) is 0 Å². The molecule has 4 rings (SSSR count). The summed E-state index contributed by atoms with van der Waals surface area (Å²) in [6, 6.07) is 7.39. The van der Waals surface area contributed by atoms with E-state index in [9.17, 15) is 13.2 Å². The number of aryl methyl sites for hydroxylation is 2. The van der Waals surface area contributed by atoms with Gasteiger partial charge in [-0.25, -0.2) is 9.97 Å². The Balaban J connectivity index is 1.77. The number of hydrogen-bond acceptors (Lipinski definition) is 5. The van der Waals surface area contributed by atoms with Crippen LogP contribution in [0.1, 0.15) is 28.2 Å². The Bertz CT molecular complexity index is 968. The maximum Gasteiger partial charge on any atom is 0.451 e. The Kier molecular flexibility index (Phi) is 4.22. The molecule has 0 amide bonds. The zero-order valence-corrected chi connectivity index (χ0v) is 14.8. The average Bonchev–Trinajstić information content (AvgIpc) is 3.19.